The second kappa shape index (κ2) is 5.71. The highest BCUT2D eigenvalue weighted by Crippen LogP contribution is 2.22. The summed E-state index contributed by atoms with van der Waals surface area (Å²) >= 11 is 1.71. The van der Waals surface area contributed by atoms with E-state index in [0.717, 1.165) is 0 Å². The van der Waals surface area contributed by atoms with Crippen molar-refractivity contribution >= 4 is 28.8 Å². The molecular formula is C13H15N3O2S. The number of anilines is 2. The number of carbonyl (C=O) groups excluding carboxylic acids is 1. The van der Waals surface area contributed by atoms with Crippen LogP contribution in [0.4, 0.5) is 11.5 Å². The summed E-state index contributed by atoms with van der Waals surface area (Å²) in [5, 5.41) is 3.13. The summed E-state index contributed by atoms with van der Waals surface area (Å²) in [6, 6.07) is 5.65. The van der Waals surface area contributed by atoms with Crippen LogP contribution in [0.5, 0.6) is 0 Å². The molecule has 19 heavy (non-hydrogen) atoms. The van der Waals surface area contributed by atoms with Crippen molar-refractivity contribution in [3.05, 3.63) is 39.7 Å². The number of nitrogens with one attached hydrogen (secondary N) is 1. The molecule has 0 amide bonds. The summed E-state index contributed by atoms with van der Waals surface area (Å²) in [7, 11) is 1.32. The number of aryl methyl sites for hydroxylation is 1. The van der Waals surface area contributed by atoms with Crippen molar-refractivity contribution in [3.8, 4) is 0 Å². The molecule has 0 fully saturated rings. The second-order valence-electron chi connectivity index (χ2n) is 3.98. The van der Waals surface area contributed by atoms with E-state index in [1.54, 1.807) is 17.4 Å². The zero-order valence-corrected chi connectivity index (χ0v) is 11.6. The van der Waals surface area contributed by atoms with Gasteiger partial charge in [0.25, 0.3) is 0 Å². The molecule has 100 valence electrons. The van der Waals surface area contributed by atoms with Crippen LogP contribution in [0, 0.1) is 6.92 Å². The van der Waals surface area contributed by atoms with Gasteiger partial charge in [-0.25, -0.2) is 9.78 Å². The molecule has 0 aliphatic heterocycles. The fourth-order valence-corrected chi connectivity index (χ4v) is 2.48. The molecule has 2 aromatic rings. The van der Waals surface area contributed by atoms with Crippen LogP contribution in [0.25, 0.3) is 0 Å². The lowest BCUT2D eigenvalue weighted by molar-refractivity contribution is 0.0602. The lowest BCUT2D eigenvalue weighted by Gasteiger charge is -2.10. The summed E-state index contributed by atoms with van der Waals surface area (Å²) in [6.07, 6.45) is 1.53. The summed E-state index contributed by atoms with van der Waals surface area (Å²) in [4.78, 5) is 18.1. The molecule has 0 atom stereocenters. The fourth-order valence-electron chi connectivity index (χ4n) is 1.65. The van der Waals surface area contributed by atoms with Gasteiger partial charge in [0.15, 0.2) is 0 Å². The van der Waals surface area contributed by atoms with Crippen molar-refractivity contribution in [2.45, 2.75) is 13.5 Å². The highest BCUT2D eigenvalue weighted by atomic mass is 32.1. The van der Waals surface area contributed by atoms with Gasteiger partial charge in [-0.1, -0.05) is 0 Å². The molecule has 0 radical (unpaired) electrons. The SMILES string of the molecule is COC(=O)c1ccnc(NCc2ccc(C)s2)c1N. The average Bonchev–Trinajstić information content (AvgIpc) is 2.82. The Morgan fingerprint density at radius 1 is 1.47 bits per heavy atom. The summed E-state index contributed by atoms with van der Waals surface area (Å²) in [6.45, 7) is 2.68. The first-order valence-electron chi connectivity index (χ1n) is 5.74. The predicted molar refractivity (Wildman–Crippen MR) is 76.4 cm³/mol. The van der Waals surface area contributed by atoms with E-state index in [1.165, 1.54) is 23.1 Å². The first-order valence-corrected chi connectivity index (χ1v) is 6.55. The van der Waals surface area contributed by atoms with Gasteiger partial charge in [0.2, 0.25) is 0 Å². The van der Waals surface area contributed by atoms with E-state index in [0.29, 0.717) is 23.6 Å². The number of rotatable bonds is 4. The van der Waals surface area contributed by atoms with E-state index >= 15 is 0 Å². The number of pyridine rings is 1. The monoisotopic (exact) mass is 277 g/mol. The van der Waals surface area contributed by atoms with Gasteiger partial charge in [0.05, 0.1) is 24.9 Å². The van der Waals surface area contributed by atoms with Crippen LogP contribution in [0.3, 0.4) is 0 Å². The van der Waals surface area contributed by atoms with Crippen molar-refractivity contribution < 1.29 is 9.53 Å². The molecule has 2 aromatic heterocycles. The highest BCUT2D eigenvalue weighted by molar-refractivity contribution is 7.11. The maximum atomic E-state index is 11.5. The molecule has 0 bridgehead atoms. The van der Waals surface area contributed by atoms with E-state index in [-0.39, 0.29) is 0 Å². The fraction of sp³-hybridized carbons (Fsp3) is 0.231. The number of nitrogen functional groups attached to an aromatic ring is 1. The minimum Gasteiger partial charge on any atom is -0.465 e. The third-order valence-corrected chi connectivity index (χ3v) is 3.62. The van der Waals surface area contributed by atoms with Gasteiger partial charge >= 0.3 is 5.97 Å². The van der Waals surface area contributed by atoms with Crippen LogP contribution in [0.15, 0.2) is 24.4 Å². The zero-order valence-electron chi connectivity index (χ0n) is 10.8. The van der Waals surface area contributed by atoms with Crippen LogP contribution in [0.1, 0.15) is 20.1 Å². The lowest BCUT2D eigenvalue weighted by atomic mass is 10.2. The normalized spacial score (nSPS) is 10.2. The van der Waals surface area contributed by atoms with E-state index < -0.39 is 5.97 Å². The average molecular weight is 277 g/mol. The van der Waals surface area contributed by atoms with Gasteiger partial charge in [-0.05, 0) is 25.1 Å². The Morgan fingerprint density at radius 2 is 2.26 bits per heavy atom. The van der Waals surface area contributed by atoms with Gasteiger partial charge in [-0.15, -0.1) is 11.3 Å². The largest absolute Gasteiger partial charge is 0.465 e. The maximum absolute atomic E-state index is 11.5. The molecule has 0 spiro atoms. The second-order valence-corrected chi connectivity index (χ2v) is 5.35. The van der Waals surface area contributed by atoms with Crippen LogP contribution >= 0.6 is 11.3 Å². The van der Waals surface area contributed by atoms with Gasteiger partial charge in [0.1, 0.15) is 5.82 Å². The number of thiophene rings is 1. The number of hydrogen-bond acceptors (Lipinski definition) is 6. The Balaban J connectivity index is 2.14. The number of aromatic nitrogens is 1. The van der Waals surface area contributed by atoms with E-state index in [1.807, 2.05) is 6.07 Å². The number of nitrogens with two attached hydrogens (primary N) is 1. The first kappa shape index (κ1) is 13.4. The van der Waals surface area contributed by atoms with Gasteiger partial charge in [-0.2, -0.15) is 0 Å². The van der Waals surface area contributed by atoms with Crippen LogP contribution in [0.2, 0.25) is 0 Å². The molecule has 0 saturated heterocycles. The third kappa shape index (κ3) is 3.03. The van der Waals surface area contributed by atoms with Crippen LogP contribution < -0.4 is 11.1 Å². The smallest absolute Gasteiger partial charge is 0.340 e. The van der Waals surface area contributed by atoms with E-state index in [4.69, 9.17) is 5.73 Å². The Labute approximate surface area is 115 Å². The van der Waals surface area contributed by atoms with Crippen molar-refractivity contribution in [2.24, 2.45) is 0 Å². The Kier molecular flexibility index (Phi) is 4.01. The standard InChI is InChI=1S/C13H15N3O2S/c1-8-3-4-9(19-8)7-16-12-11(14)10(5-6-15-12)13(17)18-2/h3-6H,7,14H2,1-2H3,(H,15,16). The minimum atomic E-state index is -0.463. The number of esters is 1. The van der Waals surface area contributed by atoms with Gasteiger partial charge in [-0.3, -0.25) is 0 Å². The van der Waals surface area contributed by atoms with Crippen molar-refractivity contribution in [3.63, 3.8) is 0 Å². The Hall–Kier alpha value is -2.08. The zero-order chi connectivity index (χ0) is 13.8. The number of ether oxygens (including phenoxy) is 1. The van der Waals surface area contributed by atoms with Crippen molar-refractivity contribution in [1.29, 1.82) is 0 Å². The molecule has 0 aromatic carbocycles. The quantitative estimate of drug-likeness (QED) is 0.839. The predicted octanol–water partition coefficient (Wildman–Crippen LogP) is 2.43. The lowest BCUT2D eigenvalue weighted by Crippen LogP contribution is -2.10. The van der Waals surface area contributed by atoms with E-state index in [9.17, 15) is 4.79 Å². The number of carbonyl (C=O) groups is 1. The molecule has 2 rings (SSSR count). The summed E-state index contributed by atoms with van der Waals surface area (Å²) < 4.78 is 4.67. The summed E-state index contributed by atoms with van der Waals surface area (Å²) in [5.74, 6) is 0.0314. The van der Waals surface area contributed by atoms with Crippen molar-refractivity contribution in [2.75, 3.05) is 18.2 Å². The van der Waals surface area contributed by atoms with Crippen molar-refractivity contribution in [1.82, 2.24) is 4.98 Å². The Bertz CT molecular complexity index is 595. The van der Waals surface area contributed by atoms with Gasteiger partial charge in [0, 0.05) is 16.0 Å². The molecule has 6 heteroatoms. The molecular weight excluding hydrogens is 262 g/mol. The number of hydrogen-bond donors (Lipinski definition) is 2. The van der Waals surface area contributed by atoms with E-state index in [2.05, 4.69) is 28.0 Å². The molecule has 0 aliphatic carbocycles. The molecule has 5 nitrogen and oxygen atoms in total. The topological polar surface area (TPSA) is 77.2 Å². The molecule has 3 N–H and O–H groups in total. The van der Waals surface area contributed by atoms with Crippen LogP contribution in [-0.2, 0) is 11.3 Å². The number of nitrogens with zero attached hydrogens (tertiary/aromatic N) is 1. The molecule has 2 heterocycles. The van der Waals surface area contributed by atoms with Crippen LogP contribution in [-0.4, -0.2) is 18.1 Å². The van der Waals surface area contributed by atoms with Gasteiger partial charge < -0.3 is 15.8 Å². The minimum absolute atomic E-state index is 0.308. The summed E-state index contributed by atoms with van der Waals surface area (Å²) in [5.41, 5.74) is 6.54. The maximum Gasteiger partial charge on any atom is 0.340 e. The molecule has 0 saturated carbocycles. The molecule has 0 aliphatic rings. The highest BCUT2D eigenvalue weighted by Gasteiger charge is 2.13. The molecule has 0 unspecified atom stereocenters. The Morgan fingerprint density at radius 3 is 2.89 bits per heavy atom. The third-order valence-electron chi connectivity index (χ3n) is 2.62. The first-order chi connectivity index (χ1) is 9.11. The number of methoxy groups -OCH3 is 1.